The molecule has 0 saturated heterocycles. The third-order valence-corrected chi connectivity index (χ3v) is 9.57. The Balaban J connectivity index is 1.46. The summed E-state index contributed by atoms with van der Waals surface area (Å²) >= 11 is 0. The first kappa shape index (κ1) is 31.8. The van der Waals surface area contributed by atoms with Gasteiger partial charge in [-0.3, -0.25) is 14.0 Å². The minimum Gasteiger partial charge on any atom is -0.320 e. The van der Waals surface area contributed by atoms with Gasteiger partial charge in [0.1, 0.15) is 30.1 Å². The molecule has 0 aliphatic heterocycles. The van der Waals surface area contributed by atoms with Gasteiger partial charge in [0.05, 0.1) is 17.8 Å². The van der Waals surface area contributed by atoms with Crippen LogP contribution in [-0.2, 0) is 25.6 Å². The lowest BCUT2D eigenvalue weighted by atomic mass is 9.48. The van der Waals surface area contributed by atoms with Crippen molar-refractivity contribution in [2.75, 3.05) is 18.5 Å². The summed E-state index contributed by atoms with van der Waals surface area (Å²) in [4.78, 5) is 26.4. The molecule has 0 bridgehead atoms. The van der Waals surface area contributed by atoms with E-state index in [0.717, 1.165) is 31.9 Å². The summed E-state index contributed by atoms with van der Waals surface area (Å²) in [6.45, 7) is 2.46. The number of rotatable bonds is 12. The molecule has 2 aliphatic rings. The minimum absolute atomic E-state index is 0.0147. The first-order valence-corrected chi connectivity index (χ1v) is 14.8. The molecular weight excluding hydrogens is 583 g/mol. The number of halogens is 5. The highest BCUT2D eigenvalue weighted by molar-refractivity contribution is 6.04. The second kappa shape index (κ2) is 11.7. The first-order valence-electron chi connectivity index (χ1n) is 14.8. The molecule has 5 rings (SSSR count). The van der Waals surface area contributed by atoms with Gasteiger partial charge >= 0.3 is 6.18 Å². The molecule has 13 heteroatoms. The Labute approximate surface area is 252 Å². The molecule has 2 saturated carbocycles. The number of amides is 1. The predicted molar refractivity (Wildman–Crippen MR) is 154 cm³/mol. The molecule has 0 unspecified atom stereocenters. The number of aryl methyl sites for hydroxylation is 1. The summed E-state index contributed by atoms with van der Waals surface area (Å²) in [7, 11) is 1.83. The van der Waals surface area contributed by atoms with E-state index in [1.807, 2.05) is 11.6 Å². The molecule has 2 fully saturated rings. The topological polar surface area (TPSA) is 93.8 Å². The summed E-state index contributed by atoms with van der Waals surface area (Å²) in [5.41, 5.74) is -1.99. The second-order valence-electron chi connectivity index (χ2n) is 12.6. The molecule has 8 nitrogen and oxygen atoms in total. The summed E-state index contributed by atoms with van der Waals surface area (Å²) in [5, 5.41) is 13.9. The van der Waals surface area contributed by atoms with Gasteiger partial charge in [-0.1, -0.05) is 32.8 Å². The summed E-state index contributed by atoms with van der Waals surface area (Å²) < 4.78 is 70.6. The van der Waals surface area contributed by atoms with Crippen LogP contribution in [0.4, 0.5) is 27.6 Å². The van der Waals surface area contributed by atoms with Crippen LogP contribution in [0.5, 0.6) is 0 Å². The fourth-order valence-electron chi connectivity index (χ4n) is 6.57. The molecule has 0 radical (unpaired) electrons. The Morgan fingerprint density at radius 3 is 2.36 bits per heavy atom. The number of nitrogens with zero attached hydrogens (tertiary/aromatic N) is 4. The highest BCUT2D eigenvalue weighted by Crippen LogP contribution is 2.61. The maximum atomic E-state index is 15.1. The molecule has 0 atom stereocenters. The zero-order chi connectivity index (χ0) is 31.9. The number of alkyl halides is 4. The van der Waals surface area contributed by atoms with Gasteiger partial charge in [0, 0.05) is 31.7 Å². The molecule has 0 spiro atoms. The lowest BCUT2D eigenvalue weighted by molar-refractivity contribution is -0.141. The van der Waals surface area contributed by atoms with E-state index in [4.69, 9.17) is 0 Å². The number of carbonyl (C=O) groups excluding carboxylic acids is 1. The largest absolute Gasteiger partial charge is 0.406 e. The normalized spacial score (nSPS) is 18.1. The van der Waals surface area contributed by atoms with Gasteiger partial charge in [0.15, 0.2) is 0 Å². The zero-order valence-electron chi connectivity index (χ0n) is 25.0. The van der Waals surface area contributed by atoms with Crippen molar-refractivity contribution < 1.29 is 26.7 Å². The third-order valence-electron chi connectivity index (χ3n) is 9.57. The summed E-state index contributed by atoms with van der Waals surface area (Å²) in [5.74, 6) is -1.10. The zero-order valence-corrected chi connectivity index (χ0v) is 25.0. The van der Waals surface area contributed by atoms with Gasteiger partial charge in [-0.05, 0) is 60.4 Å². The Morgan fingerprint density at radius 2 is 1.80 bits per heavy atom. The van der Waals surface area contributed by atoms with Gasteiger partial charge in [0.2, 0.25) is 0 Å². The van der Waals surface area contributed by atoms with Crippen LogP contribution in [0.3, 0.4) is 0 Å². The van der Waals surface area contributed by atoms with E-state index in [1.165, 1.54) is 18.2 Å². The number of hydrogen-bond acceptors (Lipinski definition) is 5. The standard InChI is InChI=1S/C31H37F5N6O2/c1-4-28(5-2)14-30(15-28,27-40-38-19-41(27)3)21-6-7-23(33)24(11-21)39-25(43)22-10-20(12-37-17-29(16-32)8-9-29)13-42(26(22)44)18-31(34,35)36/h6-7,10-11,13,19,37H,4-5,8-9,12,14-18H2,1-3H3,(H,39,43). The number of pyridine rings is 1. The molecule has 2 N–H and O–H groups in total. The van der Waals surface area contributed by atoms with Crippen LogP contribution in [0.25, 0.3) is 0 Å². The smallest absolute Gasteiger partial charge is 0.320 e. The van der Waals surface area contributed by atoms with Crippen LogP contribution in [0.1, 0.15) is 79.7 Å². The molecule has 1 aromatic carbocycles. The number of hydrogen-bond donors (Lipinski definition) is 2. The highest BCUT2D eigenvalue weighted by atomic mass is 19.4. The molecule has 238 valence electrons. The Bertz CT molecular complexity index is 1580. The number of nitrogens with one attached hydrogen (secondary N) is 2. The average molecular weight is 621 g/mol. The van der Waals surface area contributed by atoms with Gasteiger partial charge in [-0.25, -0.2) is 4.39 Å². The average Bonchev–Trinajstić information content (AvgIpc) is 3.61. The van der Waals surface area contributed by atoms with Crippen LogP contribution in [0.15, 0.2) is 41.6 Å². The summed E-state index contributed by atoms with van der Waals surface area (Å²) in [6.07, 6.45) is 2.67. The fourth-order valence-corrected chi connectivity index (χ4v) is 6.57. The molecule has 1 amide bonds. The molecule has 2 aromatic heterocycles. The van der Waals surface area contributed by atoms with Crippen molar-refractivity contribution in [2.24, 2.45) is 17.9 Å². The monoisotopic (exact) mass is 620 g/mol. The van der Waals surface area contributed by atoms with Crippen molar-refractivity contribution >= 4 is 11.6 Å². The number of anilines is 1. The van der Waals surface area contributed by atoms with Crippen molar-refractivity contribution in [2.45, 2.75) is 77.1 Å². The minimum atomic E-state index is -4.72. The van der Waals surface area contributed by atoms with E-state index in [1.54, 1.807) is 12.4 Å². The van der Waals surface area contributed by atoms with Crippen molar-refractivity contribution in [3.8, 4) is 0 Å². The van der Waals surface area contributed by atoms with Crippen molar-refractivity contribution in [3.05, 3.63) is 75.5 Å². The van der Waals surface area contributed by atoms with Gasteiger partial charge in [-0.15, -0.1) is 10.2 Å². The van der Waals surface area contributed by atoms with Crippen LogP contribution in [0.2, 0.25) is 0 Å². The Morgan fingerprint density at radius 1 is 1.09 bits per heavy atom. The maximum absolute atomic E-state index is 15.1. The van der Waals surface area contributed by atoms with E-state index in [9.17, 15) is 27.2 Å². The van der Waals surface area contributed by atoms with Crippen molar-refractivity contribution in [3.63, 3.8) is 0 Å². The molecule has 2 heterocycles. The Hall–Kier alpha value is -3.61. The molecule has 3 aromatic rings. The second-order valence-corrected chi connectivity index (χ2v) is 12.6. The van der Waals surface area contributed by atoms with E-state index in [-0.39, 0.29) is 23.2 Å². The van der Waals surface area contributed by atoms with Crippen molar-refractivity contribution in [1.82, 2.24) is 24.6 Å². The third kappa shape index (κ3) is 6.15. The van der Waals surface area contributed by atoms with Gasteiger partial charge in [-0.2, -0.15) is 13.2 Å². The first-order chi connectivity index (χ1) is 20.8. The van der Waals surface area contributed by atoms with E-state index in [0.29, 0.717) is 35.3 Å². The van der Waals surface area contributed by atoms with E-state index < -0.39 is 53.1 Å². The molecular formula is C31H37F5N6O2. The van der Waals surface area contributed by atoms with Crippen molar-refractivity contribution in [1.29, 1.82) is 0 Å². The quantitative estimate of drug-likeness (QED) is 0.255. The highest BCUT2D eigenvalue weighted by Gasteiger charge is 2.56. The number of carbonyl (C=O) groups is 1. The van der Waals surface area contributed by atoms with Crippen LogP contribution in [-0.4, -0.2) is 44.6 Å². The molecule has 2 aliphatic carbocycles. The lowest BCUT2D eigenvalue weighted by Gasteiger charge is -2.56. The molecule has 44 heavy (non-hydrogen) atoms. The lowest BCUT2D eigenvalue weighted by Crippen LogP contribution is -2.51. The summed E-state index contributed by atoms with van der Waals surface area (Å²) in [6, 6.07) is 5.56. The Kier molecular flexibility index (Phi) is 8.47. The van der Waals surface area contributed by atoms with Gasteiger partial charge < -0.3 is 19.8 Å². The van der Waals surface area contributed by atoms with Gasteiger partial charge in [0.25, 0.3) is 11.5 Å². The van der Waals surface area contributed by atoms with E-state index >= 15 is 4.39 Å². The number of aromatic nitrogens is 4. The maximum Gasteiger partial charge on any atom is 0.406 e. The van der Waals surface area contributed by atoms with Crippen LogP contribution < -0.4 is 16.2 Å². The van der Waals surface area contributed by atoms with E-state index in [2.05, 4.69) is 34.7 Å². The van der Waals surface area contributed by atoms with Crippen LogP contribution in [0, 0.1) is 16.6 Å². The predicted octanol–water partition coefficient (Wildman–Crippen LogP) is 5.66. The van der Waals surface area contributed by atoms with Crippen LogP contribution >= 0.6 is 0 Å². The number of benzene rings is 1. The SMILES string of the molecule is CCC1(CC)CC(c2ccc(F)c(NC(=O)c3cc(CNCC4(CF)CC4)cn(CC(F)(F)F)c3=O)c2)(c2nncn2C)C1. The fraction of sp³-hybridized carbons (Fsp3) is 0.548.